The number of amides is 2. The molecule has 3 heterocycles. The Labute approximate surface area is 144 Å². The molecule has 0 unspecified atom stereocenters. The fraction of sp³-hybridized carbons (Fsp3) is 0.444. The molecule has 0 radical (unpaired) electrons. The molecule has 7 heteroatoms. The Morgan fingerprint density at radius 2 is 1.96 bits per heavy atom. The number of piperazine rings is 1. The minimum Gasteiger partial charge on any atom is -0.359 e. The van der Waals surface area contributed by atoms with Crippen molar-refractivity contribution in [2.24, 2.45) is 5.92 Å². The minimum atomic E-state index is -0.438. The molecule has 128 valence electrons. The van der Waals surface area contributed by atoms with Crippen molar-refractivity contribution in [3.63, 3.8) is 0 Å². The zero-order valence-corrected chi connectivity index (χ0v) is 13.7. The van der Waals surface area contributed by atoms with E-state index < -0.39 is 5.91 Å². The largest absolute Gasteiger partial charge is 0.359 e. The van der Waals surface area contributed by atoms with E-state index in [2.05, 4.69) is 10.1 Å². The first-order chi connectivity index (χ1) is 12.1. The van der Waals surface area contributed by atoms with Crippen LogP contribution in [0.4, 0.5) is 0 Å². The van der Waals surface area contributed by atoms with Gasteiger partial charge in [-0.3, -0.25) is 14.6 Å². The molecule has 0 N–H and O–H groups in total. The van der Waals surface area contributed by atoms with Crippen LogP contribution in [0.2, 0.25) is 0 Å². The van der Waals surface area contributed by atoms with Crippen LogP contribution in [0.3, 0.4) is 0 Å². The van der Waals surface area contributed by atoms with Crippen molar-refractivity contribution in [3.8, 4) is 11.4 Å². The molecule has 0 aromatic carbocycles. The van der Waals surface area contributed by atoms with Gasteiger partial charge >= 0.3 is 11.8 Å². The first-order valence-corrected chi connectivity index (χ1v) is 8.62. The summed E-state index contributed by atoms with van der Waals surface area (Å²) in [5, 5.41) is 4.01. The second-order valence-electron chi connectivity index (χ2n) is 7.28. The van der Waals surface area contributed by atoms with Gasteiger partial charge in [-0.15, -0.1) is 0 Å². The molecule has 0 atom stereocenters. The van der Waals surface area contributed by atoms with Gasteiger partial charge in [0.2, 0.25) is 0 Å². The SMILES string of the molecule is O=C1C(=O)N(C23CC(C2)C3)CCN1Cc1cc(-c2ccccn2)no1. The smallest absolute Gasteiger partial charge is 0.312 e. The van der Waals surface area contributed by atoms with E-state index in [1.165, 1.54) is 0 Å². The molecule has 2 aromatic rings. The standard InChI is InChI=1S/C18H18N4O3/c23-16-17(24)22(18-8-12(9-18)10-18)6-5-21(16)11-13-7-15(20-25-13)14-3-1-2-4-19-14/h1-4,7,12H,5-6,8-11H2. The van der Waals surface area contributed by atoms with Gasteiger partial charge in [-0.2, -0.15) is 0 Å². The highest BCUT2D eigenvalue weighted by atomic mass is 16.5. The van der Waals surface area contributed by atoms with E-state index in [1.807, 2.05) is 23.1 Å². The lowest BCUT2D eigenvalue weighted by atomic mass is 9.49. The molecule has 6 rings (SSSR count). The zero-order chi connectivity index (χ0) is 17.0. The summed E-state index contributed by atoms with van der Waals surface area (Å²) in [6, 6.07) is 7.33. The first-order valence-electron chi connectivity index (χ1n) is 8.62. The summed E-state index contributed by atoms with van der Waals surface area (Å²) in [4.78, 5) is 32.6. The van der Waals surface area contributed by atoms with Gasteiger partial charge in [0.15, 0.2) is 5.76 Å². The highest BCUT2D eigenvalue weighted by molar-refractivity contribution is 6.35. The van der Waals surface area contributed by atoms with Gasteiger partial charge in [-0.1, -0.05) is 11.2 Å². The summed E-state index contributed by atoms with van der Waals surface area (Å²) < 4.78 is 5.33. The second-order valence-corrected chi connectivity index (χ2v) is 7.28. The van der Waals surface area contributed by atoms with Crippen LogP contribution < -0.4 is 0 Å². The van der Waals surface area contributed by atoms with Crippen LogP contribution in [0.15, 0.2) is 35.0 Å². The maximum absolute atomic E-state index is 12.5. The van der Waals surface area contributed by atoms with Crippen molar-refractivity contribution >= 4 is 11.8 Å². The molecule has 3 aliphatic carbocycles. The van der Waals surface area contributed by atoms with Crippen molar-refractivity contribution in [1.29, 1.82) is 0 Å². The van der Waals surface area contributed by atoms with Crippen LogP contribution >= 0.6 is 0 Å². The predicted octanol–water partition coefficient (Wildman–Crippen LogP) is 1.46. The number of carbonyl (C=O) groups is 2. The Morgan fingerprint density at radius 1 is 1.12 bits per heavy atom. The maximum Gasteiger partial charge on any atom is 0.312 e. The van der Waals surface area contributed by atoms with Crippen molar-refractivity contribution in [3.05, 3.63) is 36.2 Å². The van der Waals surface area contributed by atoms with Gasteiger partial charge in [-0.25, -0.2) is 0 Å². The normalized spacial score (nSPS) is 27.9. The van der Waals surface area contributed by atoms with Gasteiger partial charge in [0, 0.05) is 30.9 Å². The van der Waals surface area contributed by atoms with Gasteiger partial charge < -0.3 is 14.3 Å². The van der Waals surface area contributed by atoms with E-state index in [0.717, 1.165) is 25.2 Å². The van der Waals surface area contributed by atoms with E-state index in [-0.39, 0.29) is 18.0 Å². The topological polar surface area (TPSA) is 79.5 Å². The molecule has 2 bridgehead atoms. The number of hydrogen-bond acceptors (Lipinski definition) is 5. The lowest BCUT2D eigenvalue weighted by Crippen LogP contribution is -2.73. The Balaban J connectivity index is 1.28. The van der Waals surface area contributed by atoms with Crippen LogP contribution in [-0.2, 0) is 16.1 Å². The molecule has 1 saturated heterocycles. The van der Waals surface area contributed by atoms with E-state index >= 15 is 0 Å². The molecular formula is C18H18N4O3. The minimum absolute atomic E-state index is 0.00187. The molecule has 1 aliphatic heterocycles. The van der Waals surface area contributed by atoms with Gasteiger partial charge in [0.05, 0.1) is 12.2 Å². The van der Waals surface area contributed by atoms with Crippen molar-refractivity contribution in [2.45, 2.75) is 31.3 Å². The van der Waals surface area contributed by atoms with Gasteiger partial charge in [0.25, 0.3) is 0 Å². The average Bonchev–Trinajstić information content (AvgIpc) is 3.01. The second kappa shape index (κ2) is 5.15. The van der Waals surface area contributed by atoms with Crippen LogP contribution in [0.25, 0.3) is 11.4 Å². The third-order valence-corrected chi connectivity index (χ3v) is 5.72. The number of nitrogens with zero attached hydrogens (tertiary/aromatic N) is 4. The summed E-state index contributed by atoms with van der Waals surface area (Å²) in [7, 11) is 0. The monoisotopic (exact) mass is 338 g/mol. The Morgan fingerprint density at radius 3 is 2.64 bits per heavy atom. The number of hydrogen-bond donors (Lipinski definition) is 0. The summed E-state index contributed by atoms with van der Waals surface area (Å²) in [5.41, 5.74) is 1.34. The zero-order valence-electron chi connectivity index (χ0n) is 13.7. The van der Waals surface area contributed by atoms with Crippen molar-refractivity contribution in [2.75, 3.05) is 13.1 Å². The van der Waals surface area contributed by atoms with Crippen molar-refractivity contribution < 1.29 is 14.1 Å². The highest BCUT2D eigenvalue weighted by Gasteiger charge is 2.62. The van der Waals surface area contributed by atoms with Gasteiger partial charge in [-0.05, 0) is 37.3 Å². The molecule has 3 saturated carbocycles. The molecule has 2 amide bonds. The van der Waals surface area contributed by atoms with Gasteiger partial charge in [0.1, 0.15) is 5.69 Å². The highest BCUT2D eigenvalue weighted by Crippen LogP contribution is 2.60. The van der Waals surface area contributed by atoms with Crippen LogP contribution in [0.5, 0.6) is 0 Å². The quantitative estimate of drug-likeness (QED) is 0.789. The molecule has 25 heavy (non-hydrogen) atoms. The van der Waals surface area contributed by atoms with E-state index in [4.69, 9.17) is 4.52 Å². The van der Waals surface area contributed by atoms with Crippen LogP contribution in [-0.4, -0.2) is 50.4 Å². The van der Waals surface area contributed by atoms with E-state index in [1.54, 1.807) is 17.2 Å². The summed E-state index contributed by atoms with van der Waals surface area (Å²) in [5.74, 6) is 0.529. The van der Waals surface area contributed by atoms with E-state index in [9.17, 15) is 9.59 Å². The maximum atomic E-state index is 12.5. The predicted molar refractivity (Wildman–Crippen MR) is 86.9 cm³/mol. The lowest BCUT2D eigenvalue weighted by Gasteiger charge is -2.66. The van der Waals surface area contributed by atoms with Crippen LogP contribution in [0, 0.1) is 5.92 Å². The molecule has 7 nitrogen and oxygen atoms in total. The average molecular weight is 338 g/mol. The summed E-state index contributed by atoms with van der Waals surface area (Å²) >= 11 is 0. The Kier molecular flexibility index (Phi) is 3.01. The number of rotatable bonds is 4. The first kappa shape index (κ1) is 14.6. The van der Waals surface area contributed by atoms with E-state index in [0.29, 0.717) is 30.2 Å². The Hall–Kier alpha value is -2.70. The van der Waals surface area contributed by atoms with Crippen molar-refractivity contribution in [1.82, 2.24) is 19.9 Å². The molecule has 4 fully saturated rings. The van der Waals surface area contributed by atoms with Crippen LogP contribution in [0.1, 0.15) is 25.0 Å². The Bertz CT molecular complexity index is 830. The number of carbonyl (C=O) groups excluding carboxylic acids is 2. The fourth-order valence-electron chi connectivity index (χ4n) is 4.25. The molecule has 0 spiro atoms. The summed E-state index contributed by atoms with van der Waals surface area (Å²) in [6.45, 7) is 1.41. The third kappa shape index (κ3) is 2.18. The summed E-state index contributed by atoms with van der Waals surface area (Å²) in [6.07, 6.45) is 4.90. The molecular weight excluding hydrogens is 320 g/mol. The number of aromatic nitrogens is 2. The lowest BCUT2D eigenvalue weighted by molar-refractivity contribution is -0.186. The fourth-order valence-corrected chi connectivity index (χ4v) is 4.25. The molecule has 2 aromatic heterocycles. The third-order valence-electron chi connectivity index (χ3n) is 5.72. The molecule has 4 aliphatic rings. The number of pyridine rings is 1.